The van der Waals surface area contributed by atoms with Gasteiger partial charge in [0.15, 0.2) is 5.65 Å². The van der Waals surface area contributed by atoms with Crippen molar-refractivity contribution in [3.05, 3.63) is 85.3 Å². The van der Waals surface area contributed by atoms with E-state index >= 15 is 0 Å². The predicted octanol–water partition coefficient (Wildman–Crippen LogP) is 4.50. The fourth-order valence-electron chi connectivity index (χ4n) is 3.37. The van der Waals surface area contributed by atoms with Crippen LogP contribution >= 0.6 is 11.8 Å². The molecular formula is C24H20N4O2S. The molecule has 5 aromatic rings. The van der Waals surface area contributed by atoms with Gasteiger partial charge in [0.1, 0.15) is 23.7 Å². The molecule has 0 spiro atoms. The summed E-state index contributed by atoms with van der Waals surface area (Å²) >= 11 is 1.47. The lowest BCUT2D eigenvalue weighted by Gasteiger charge is -2.12. The van der Waals surface area contributed by atoms with E-state index in [4.69, 9.17) is 4.74 Å². The lowest BCUT2D eigenvalue weighted by molar-refractivity contribution is 0.126. The van der Waals surface area contributed by atoms with Crippen molar-refractivity contribution in [2.45, 2.75) is 11.1 Å². The van der Waals surface area contributed by atoms with Crippen LogP contribution in [0.15, 0.2) is 90.3 Å². The minimum atomic E-state index is -0.634. The maximum Gasteiger partial charge on any atom is 0.167 e. The van der Waals surface area contributed by atoms with Crippen LogP contribution in [0.3, 0.4) is 0 Å². The first kappa shape index (κ1) is 19.5. The lowest BCUT2D eigenvalue weighted by atomic mass is 10.1. The minimum Gasteiger partial charge on any atom is -0.491 e. The van der Waals surface area contributed by atoms with Crippen molar-refractivity contribution in [1.82, 2.24) is 19.7 Å². The second kappa shape index (κ2) is 8.75. The Balaban J connectivity index is 1.24. The number of aromatic nitrogens is 4. The Morgan fingerprint density at radius 3 is 2.61 bits per heavy atom. The molecule has 31 heavy (non-hydrogen) atoms. The summed E-state index contributed by atoms with van der Waals surface area (Å²) in [5.41, 5.74) is 1.68. The summed E-state index contributed by atoms with van der Waals surface area (Å²) in [6, 6.07) is 23.9. The van der Waals surface area contributed by atoms with Crippen LogP contribution in [0.2, 0.25) is 0 Å². The van der Waals surface area contributed by atoms with Gasteiger partial charge in [-0.25, -0.2) is 14.6 Å². The molecule has 1 N–H and O–H groups in total. The van der Waals surface area contributed by atoms with Gasteiger partial charge in [-0.15, -0.1) is 11.8 Å². The van der Waals surface area contributed by atoms with Crippen LogP contribution in [0, 0.1) is 0 Å². The van der Waals surface area contributed by atoms with Crippen molar-refractivity contribution in [3.8, 4) is 11.4 Å². The third-order valence-corrected chi connectivity index (χ3v) is 6.06. The molecule has 0 saturated heterocycles. The third-order valence-electron chi connectivity index (χ3n) is 4.91. The van der Waals surface area contributed by atoms with E-state index in [2.05, 4.69) is 21.1 Å². The van der Waals surface area contributed by atoms with Crippen LogP contribution in [0.25, 0.3) is 27.5 Å². The maximum absolute atomic E-state index is 10.4. The number of aliphatic hydroxyl groups excluding tert-OH is 1. The zero-order valence-electron chi connectivity index (χ0n) is 16.6. The molecule has 1 unspecified atom stereocenters. The fourth-order valence-corrected chi connectivity index (χ4v) is 4.24. The largest absolute Gasteiger partial charge is 0.491 e. The van der Waals surface area contributed by atoms with Crippen molar-refractivity contribution in [2.75, 3.05) is 12.4 Å². The van der Waals surface area contributed by atoms with E-state index in [-0.39, 0.29) is 6.61 Å². The van der Waals surface area contributed by atoms with E-state index in [0.29, 0.717) is 5.75 Å². The molecule has 2 heterocycles. The molecule has 0 bridgehead atoms. The van der Waals surface area contributed by atoms with E-state index in [1.807, 2.05) is 66.7 Å². The van der Waals surface area contributed by atoms with Gasteiger partial charge in [0.2, 0.25) is 0 Å². The molecule has 0 radical (unpaired) electrons. The van der Waals surface area contributed by atoms with Gasteiger partial charge in [0.25, 0.3) is 0 Å². The first-order valence-corrected chi connectivity index (χ1v) is 10.9. The Morgan fingerprint density at radius 1 is 0.935 bits per heavy atom. The summed E-state index contributed by atoms with van der Waals surface area (Å²) in [4.78, 5) is 8.78. The van der Waals surface area contributed by atoms with Gasteiger partial charge in [-0.3, -0.25) is 0 Å². The number of fused-ring (bicyclic) bond motifs is 2. The first-order valence-electron chi connectivity index (χ1n) is 9.94. The van der Waals surface area contributed by atoms with Gasteiger partial charge in [0, 0.05) is 5.75 Å². The Labute approximate surface area is 183 Å². The maximum atomic E-state index is 10.4. The quantitative estimate of drug-likeness (QED) is 0.304. The zero-order chi connectivity index (χ0) is 21.0. The number of aliphatic hydroxyl groups is 1. The number of benzene rings is 3. The molecule has 0 fully saturated rings. The van der Waals surface area contributed by atoms with E-state index < -0.39 is 6.10 Å². The molecule has 154 valence electrons. The first-order chi connectivity index (χ1) is 15.3. The molecule has 1 atom stereocenters. The normalized spacial score (nSPS) is 12.3. The standard InChI is InChI=1S/C24H20N4O2S/c29-20(14-30-21-11-10-17-6-4-5-7-18(17)12-21)15-31-24-22-13-27-28(23(22)25-16-26-24)19-8-2-1-3-9-19/h1-13,16,20,29H,14-15H2. The summed E-state index contributed by atoms with van der Waals surface area (Å²) in [5, 5.41) is 18.8. The smallest absolute Gasteiger partial charge is 0.167 e. The van der Waals surface area contributed by atoms with Gasteiger partial charge in [-0.1, -0.05) is 48.5 Å². The van der Waals surface area contributed by atoms with Crippen LogP contribution < -0.4 is 4.74 Å². The average molecular weight is 429 g/mol. The van der Waals surface area contributed by atoms with Crippen LogP contribution in [0.5, 0.6) is 5.75 Å². The lowest BCUT2D eigenvalue weighted by Crippen LogP contribution is -2.20. The van der Waals surface area contributed by atoms with Crippen molar-refractivity contribution in [2.24, 2.45) is 0 Å². The van der Waals surface area contributed by atoms with Crippen LogP contribution in [0.1, 0.15) is 0 Å². The predicted molar refractivity (Wildman–Crippen MR) is 123 cm³/mol. The second-order valence-corrected chi connectivity index (χ2v) is 8.10. The Kier molecular flexibility index (Phi) is 5.52. The number of thioether (sulfide) groups is 1. The molecular weight excluding hydrogens is 408 g/mol. The number of ether oxygens (including phenoxy) is 1. The highest BCUT2D eigenvalue weighted by Crippen LogP contribution is 2.26. The van der Waals surface area contributed by atoms with Gasteiger partial charge in [-0.2, -0.15) is 5.10 Å². The molecule has 5 rings (SSSR count). The van der Waals surface area contributed by atoms with Crippen LogP contribution in [-0.4, -0.2) is 43.3 Å². The molecule has 0 amide bonds. The summed E-state index contributed by atoms with van der Waals surface area (Å²) in [5.74, 6) is 1.20. The Bertz CT molecular complexity index is 1320. The number of para-hydroxylation sites is 1. The minimum absolute atomic E-state index is 0.211. The van der Waals surface area contributed by atoms with Gasteiger partial charge >= 0.3 is 0 Å². The van der Waals surface area contributed by atoms with Gasteiger partial charge in [-0.05, 0) is 35.0 Å². The molecule has 2 aromatic heterocycles. The molecule has 7 heteroatoms. The highest BCUT2D eigenvalue weighted by Gasteiger charge is 2.14. The van der Waals surface area contributed by atoms with Crippen molar-refractivity contribution >= 4 is 33.6 Å². The number of rotatable bonds is 7. The van der Waals surface area contributed by atoms with Crippen molar-refractivity contribution < 1.29 is 9.84 Å². The van der Waals surface area contributed by atoms with Gasteiger partial charge in [0.05, 0.1) is 23.4 Å². The average Bonchev–Trinajstić information content (AvgIpc) is 3.26. The molecule has 6 nitrogen and oxygen atoms in total. The van der Waals surface area contributed by atoms with Crippen LogP contribution in [0.4, 0.5) is 0 Å². The monoisotopic (exact) mass is 428 g/mol. The zero-order valence-corrected chi connectivity index (χ0v) is 17.4. The fraction of sp³-hybridized carbons (Fsp3) is 0.125. The SMILES string of the molecule is OC(COc1ccc2ccccc2c1)CSc1ncnc2c1cnn2-c1ccccc1. The third kappa shape index (κ3) is 4.23. The number of hydrogen-bond donors (Lipinski definition) is 1. The van der Waals surface area contributed by atoms with Crippen molar-refractivity contribution in [1.29, 1.82) is 0 Å². The number of nitrogens with zero attached hydrogens (tertiary/aromatic N) is 4. The number of hydrogen-bond acceptors (Lipinski definition) is 6. The Morgan fingerprint density at radius 2 is 1.74 bits per heavy atom. The summed E-state index contributed by atoms with van der Waals surface area (Å²) in [6.45, 7) is 0.211. The summed E-state index contributed by atoms with van der Waals surface area (Å²) in [7, 11) is 0. The van der Waals surface area contributed by atoms with E-state index in [9.17, 15) is 5.11 Å². The summed E-state index contributed by atoms with van der Waals surface area (Å²) < 4.78 is 7.59. The highest BCUT2D eigenvalue weighted by atomic mass is 32.2. The molecule has 3 aromatic carbocycles. The van der Waals surface area contributed by atoms with E-state index in [1.165, 1.54) is 18.1 Å². The Hall–Kier alpha value is -3.42. The molecule has 0 aliphatic carbocycles. The van der Waals surface area contributed by atoms with Crippen LogP contribution in [-0.2, 0) is 0 Å². The molecule has 0 aliphatic rings. The molecule has 0 saturated carbocycles. The van der Waals surface area contributed by atoms with E-state index in [1.54, 1.807) is 10.9 Å². The van der Waals surface area contributed by atoms with Gasteiger partial charge < -0.3 is 9.84 Å². The van der Waals surface area contributed by atoms with Crippen molar-refractivity contribution in [3.63, 3.8) is 0 Å². The summed E-state index contributed by atoms with van der Waals surface area (Å²) in [6.07, 6.45) is 2.66. The molecule has 0 aliphatic heterocycles. The highest BCUT2D eigenvalue weighted by molar-refractivity contribution is 7.99. The topological polar surface area (TPSA) is 73.1 Å². The second-order valence-electron chi connectivity index (χ2n) is 7.09. The van der Waals surface area contributed by atoms with E-state index in [0.717, 1.165) is 38.3 Å².